The Balaban J connectivity index is 2.72. The molecule has 106 valence electrons. The molecule has 0 N–H and O–H groups in total. The molecule has 0 saturated carbocycles. The first-order valence-electron chi connectivity index (χ1n) is 5.68. The van der Waals surface area contributed by atoms with Crippen molar-refractivity contribution in [2.75, 3.05) is 6.61 Å². The molecule has 3 nitrogen and oxygen atoms in total. The summed E-state index contributed by atoms with van der Waals surface area (Å²) >= 11 is 5.83. The van der Waals surface area contributed by atoms with Crippen LogP contribution in [-0.2, 0) is 10.9 Å². The maximum absolute atomic E-state index is 12.7. The van der Waals surface area contributed by atoms with Gasteiger partial charge in [-0.1, -0.05) is 23.7 Å². The number of carbonyl (C=O) groups excluding carboxylic acids is 1. The number of hydrogen-bond donors (Lipinski definition) is 0. The molecule has 7 heteroatoms. The standard InChI is InChI=1S/C13H9ClF3NO2/c1-2-20-12(19)8-5-3-4-7-9(14)6-10(13(15,16)17)18-11(7)8/h3-6H,2H2,1H3. The summed E-state index contributed by atoms with van der Waals surface area (Å²) in [4.78, 5) is 15.2. The third kappa shape index (κ3) is 2.70. The first kappa shape index (κ1) is 14.6. The zero-order valence-electron chi connectivity index (χ0n) is 10.3. The van der Waals surface area contributed by atoms with E-state index < -0.39 is 17.8 Å². The van der Waals surface area contributed by atoms with Gasteiger partial charge in [-0.2, -0.15) is 13.2 Å². The topological polar surface area (TPSA) is 39.2 Å². The van der Waals surface area contributed by atoms with Crippen LogP contribution in [0.1, 0.15) is 23.0 Å². The largest absolute Gasteiger partial charge is 0.462 e. The van der Waals surface area contributed by atoms with Crippen LogP contribution in [0.5, 0.6) is 0 Å². The fraction of sp³-hybridized carbons (Fsp3) is 0.231. The minimum atomic E-state index is -4.64. The monoisotopic (exact) mass is 303 g/mol. The number of aromatic nitrogens is 1. The molecule has 0 aliphatic rings. The van der Waals surface area contributed by atoms with Gasteiger partial charge >= 0.3 is 12.1 Å². The summed E-state index contributed by atoms with van der Waals surface area (Å²) in [5.74, 6) is -0.735. The average Bonchev–Trinajstić information content (AvgIpc) is 2.37. The Kier molecular flexibility index (Phi) is 3.85. The number of fused-ring (bicyclic) bond motifs is 1. The Morgan fingerprint density at radius 1 is 1.40 bits per heavy atom. The molecule has 0 spiro atoms. The van der Waals surface area contributed by atoms with Crippen molar-refractivity contribution in [3.8, 4) is 0 Å². The van der Waals surface area contributed by atoms with Gasteiger partial charge in [0.25, 0.3) is 0 Å². The number of para-hydroxylation sites is 1. The van der Waals surface area contributed by atoms with Gasteiger partial charge in [-0.05, 0) is 19.1 Å². The highest BCUT2D eigenvalue weighted by Crippen LogP contribution is 2.33. The zero-order valence-corrected chi connectivity index (χ0v) is 11.0. The lowest BCUT2D eigenvalue weighted by atomic mass is 10.1. The molecule has 2 aromatic rings. The van der Waals surface area contributed by atoms with Crippen molar-refractivity contribution in [2.24, 2.45) is 0 Å². The Morgan fingerprint density at radius 3 is 2.70 bits per heavy atom. The minimum absolute atomic E-state index is 0.0441. The molecular weight excluding hydrogens is 295 g/mol. The van der Waals surface area contributed by atoms with Crippen LogP contribution in [0.25, 0.3) is 10.9 Å². The van der Waals surface area contributed by atoms with E-state index >= 15 is 0 Å². The number of benzene rings is 1. The fourth-order valence-electron chi connectivity index (χ4n) is 1.73. The highest BCUT2D eigenvalue weighted by molar-refractivity contribution is 6.35. The zero-order chi connectivity index (χ0) is 14.9. The van der Waals surface area contributed by atoms with E-state index in [9.17, 15) is 18.0 Å². The molecule has 0 atom stereocenters. The van der Waals surface area contributed by atoms with Crippen molar-refractivity contribution in [3.05, 3.63) is 40.5 Å². The molecule has 0 unspecified atom stereocenters. The van der Waals surface area contributed by atoms with Crippen LogP contribution in [0.15, 0.2) is 24.3 Å². The second-order valence-electron chi connectivity index (χ2n) is 3.91. The van der Waals surface area contributed by atoms with Gasteiger partial charge in [-0.15, -0.1) is 0 Å². The normalized spacial score (nSPS) is 11.7. The highest BCUT2D eigenvalue weighted by Gasteiger charge is 2.33. The number of esters is 1. The molecule has 20 heavy (non-hydrogen) atoms. The predicted molar refractivity (Wildman–Crippen MR) is 67.7 cm³/mol. The van der Waals surface area contributed by atoms with E-state index in [4.69, 9.17) is 16.3 Å². The van der Waals surface area contributed by atoms with E-state index in [0.29, 0.717) is 0 Å². The SMILES string of the molecule is CCOC(=O)c1cccc2c(Cl)cc(C(F)(F)F)nc12. The summed E-state index contributed by atoms with van der Waals surface area (Å²) in [5, 5.41) is 0.152. The molecule has 0 fully saturated rings. The molecule has 0 saturated heterocycles. The number of nitrogens with zero attached hydrogens (tertiary/aromatic N) is 1. The summed E-state index contributed by atoms with van der Waals surface area (Å²) in [6.07, 6.45) is -4.64. The number of halogens is 4. The van der Waals surface area contributed by atoms with Crippen LogP contribution in [-0.4, -0.2) is 17.6 Å². The summed E-state index contributed by atoms with van der Waals surface area (Å²) < 4.78 is 43.0. The van der Waals surface area contributed by atoms with Crippen molar-refractivity contribution in [2.45, 2.75) is 13.1 Å². The lowest BCUT2D eigenvalue weighted by Gasteiger charge is -2.11. The number of hydrogen-bond acceptors (Lipinski definition) is 3. The van der Waals surface area contributed by atoms with E-state index in [0.717, 1.165) is 6.07 Å². The van der Waals surface area contributed by atoms with Crippen LogP contribution in [0.4, 0.5) is 13.2 Å². The van der Waals surface area contributed by atoms with Gasteiger partial charge < -0.3 is 4.74 Å². The molecule has 2 rings (SSSR count). The first-order valence-corrected chi connectivity index (χ1v) is 6.06. The van der Waals surface area contributed by atoms with Gasteiger partial charge in [0, 0.05) is 5.39 Å². The number of carbonyl (C=O) groups is 1. The van der Waals surface area contributed by atoms with Crippen molar-refractivity contribution in [1.82, 2.24) is 4.98 Å². The smallest absolute Gasteiger partial charge is 0.433 e. The maximum Gasteiger partial charge on any atom is 0.433 e. The average molecular weight is 304 g/mol. The summed E-state index contributed by atoms with van der Waals surface area (Å²) in [5.41, 5.74) is -1.31. The fourth-order valence-corrected chi connectivity index (χ4v) is 1.98. The molecule has 0 aliphatic heterocycles. The summed E-state index contributed by atoms with van der Waals surface area (Å²) in [6, 6.07) is 5.09. The third-order valence-corrected chi connectivity index (χ3v) is 2.89. The van der Waals surface area contributed by atoms with Gasteiger partial charge in [0.2, 0.25) is 0 Å². The van der Waals surface area contributed by atoms with Gasteiger partial charge in [-0.25, -0.2) is 9.78 Å². The van der Waals surface area contributed by atoms with E-state index in [1.54, 1.807) is 6.92 Å². The van der Waals surface area contributed by atoms with Crippen molar-refractivity contribution < 1.29 is 22.7 Å². The molecular formula is C13H9ClF3NO2. The summed E-state index contributed by atoms with van der Waals surface area (Å²) in [6.45, 7) is 1.71. The number of rotatable bonds is 2. The Morgan fingerprint density at radius 2 is 2.10 bits per heavy atom. The summed E-state index contributed by atoms with van der Waals surface area (Å²) in [7, 11) is 0. The number of alkyl halides is 3. The molecule has 1 heterocycles. The van der Waals surface area contributed by atoms with Crippen molar-refractivity contribution in [1.29, 1.82) is 0 Å². The molecule has 0 bridgehead atoms. The molecule has 0 aliphatic carbocycles. The van der Waals surface area contributed by atoms with E-state index in [2.05, 4.69) is 4.98 Å². The second-order valence-corrected chi connectivity index (χ2v) is 4.32. The Labute approximate surface area is 117 Å². The van der Waals surface area contributed by atoms with E-state index in [1.165, 1.54) is 18.2 Å². The van der Waals surface area contributed by atoms with Crippen LogP contribution >= 0.6 is 11.6 Å². The van der Waals surface area contributed by atoms with Crippen LogP contribution in [0.3, 0.4) is 0 Å². The third-order valence-electron chi connectivity index (χ3n) is 2.57. The minimum Gasteiger partial charge on any atom is -0.462 e. The lowest BCUT2D eigenvalue weighted by molar-refractivity contribution is -0.140. The predicted octanol–water partition coefficient (Wildman–Crippen LogP) is 4.08. The van der Waals surface area contributed by atoms with E-state index in [-0.39, 0.29) is 28.1 Å². The van der Waals surface area contributed by atoms with Crippen molar-refractivity contribution in [3.63, 3.8) is 0 Å². The highest BCUT2D eigenvalue weighted by atomic mass is 35.5. The first-order chi connectivity index (χ1) is 9.34. The van der Waals surface area contributed by atoms with Crippen LogP contribution in [0.2, 0.25) is 5.02 Å². The van der Waals surface area contributed by atoms with Crippen LogP contribution < -0.4 is 0 Å². The van der Waals surface area contributed by atoms with Gasteiger partial charge in [0.15, 0.2) is 0 Å². The Hall–Kier alpha value is -1.82. The molecule has 0 amide bonds. The number of pyridine rings is 1. The lowest BCUT2D eigenvalue weighted by Crippen LogP contribution is -2.11. The number of ether oxygens (including phenoxy) is 1. The molecule has 1 aromatic carbocycles. The Bertz CT molecular complexity index is 670. The molecule has 1 aromatic heterocycles. The van der Waals surface area contributed by atoms with Gasteiger partial charge in [0.05, 0.1) is 22.7 Å². The van der Waals surface area contributed by atoms with Crippen LogP contribution in [0, 0.1) is 0 Å². The van der Waals surface area contributed by atoms with Crippen molar-refractivity contribution >= 4 is 28.5 Å². The van der Waals surface area contributed by atoms with Gasteiger partial charge in [0.1, 0.15) is 5.69 Å². The molecule has 0 radical (unpaired) electrons. The quantitative estimate of drug-likeness (QED) is 0.785. The maximum atomic E-state index is 12.7. The van der Waals surface area contributed by atoms with Gasteiger partial charge in [-0.3, -0.25) is 0 Å². The van der Waals surface area contributed by atoms with E-state index in [1.807, 2.05) is 0 Å². The second kappa shape index (κ2) is 5.28.